The molecule has 2 aromatic carbocycles. The number of rotatable bonds is 10. The van der Waals surface area contributed by atoms with Crippen molar-refractivity contribution in [3.8, 4) is 17.2 Å². The molecule has 0 heterocycles. The van der Waals surface area contributed by atoms with E-state index in [1.165, 1.54) is 18.7 Å². The molecule has 144 valence electrons. The Hall–Kier alpha value is -2.66. The second kappa shape index (κ2) is 10.5. The van der Waals surface area contributed by atoms with Crippen molar-refractivity contribution in [3.63, 3.8) is 0 Å². The lowest BCUT2D eigenvalue weighted by molar-refractivity contribution is -0.131. The predicted molar refractivity (Wildman–Crippen MR) is 106 cm³/mol. The number of aliphatic carboxylic acids is 1. The quantitative estimate of drug-likeness (QED) is 0.463. The van der Waals surface area contributed by atoms with Gasteiger partial charge in [0.15, 0.2) is 11.5 Å². The highest BCUT2D eigenvalue weighted by Crippen LogP contribution is 2.36. The lowest BCUT2D eigenvalue weighted by Gasteiger charge is -2.14. The van der Waals surface area contributed by atoms with Gasteiger partial charge in [-0.25, -0.2) is 4.79 Å². The van der Waals surface area contributed by atoms with Gasteiger partial charge in [-0.3, -0.25) is 0 Å². The maximum absolute atomic E-state index is 10.6. The van der Waals surface area contributed by atoms with E-state index >= 15 is 0 Å². The van der Waals surface area contributed by atoms with Crippen LogP contribution in [0.4, 0.5) is 0 Å². The Morgan fingerprint density at radius 3 is 2.48 bits per heavy atom. The number of carboxylic acids is 1. The van der Waals surface area contributed by atoms with Gasteiger partial charge in [0.05, 0.1) is 12.1 Å². The number of halogens is 1. The minimum Gasteiger partial charge on any atom is -0.493 e. The Balaban J connectivity index is 1.93. The predicted octanol–water partition coefficient (Wildman–Crippen LogP) is 4.86. The first-order valence-corrected chi connectivity index (χ1v) is 9.04. The smallest absolute Gasteiger partial charge is 0.328 e. The number of ether oxygens (including phenoxy) is 3. The molecule has 2 aromatic rings. The van der Waals surface area contributed by atoms with Crippen LogP contribution < -0.4 is 14.2 Å². The molecular weight excluding hydrogens is 368 g/mol. The minimum atomic E-state index is -1.04. The molecule has 0 radical (unpaired) electrons. The van der Waals surface area contributed by atoms with Gasteiger partial charge in [0.1, 0.15) is 19.0 Å². The summed E-state index contributed by atoms with van der Waals surface area (Å²) in [4.78, 5) is 10.6. The third-order valence-electron chi connectivity index (χ3n) is 3.73. The summed E-state index contributed by atoms with van der Waals surface area (Å²) in [5.74, 6) is 0.570. The molecule has 27 heavy (non-hydrogen) atoms. The Kier molecular flexibility index (Phi) is 8.01. The van der Waals surface area contributed by atoms with Crippen molar-refractivity contribution < 1.29 is 24.1 Å². The fraction of sp³-hybridized carbons (Fsp3) is 0.286. The topological polar surface area (TPSA) is 65.0 Å². The summed E-state index contributed by atoms with van der Waals surface area (Å²) >= 11 is 6.24. The molecule has 5 nitrogen and oxygen atoms in total. The molecule has 0 bridgehead atoms. The summed E-state index contributed by atoms with van der Waals surface area (Å²) in [6.45, 7) is 2.79. The fourth-order valence-corrected chi connectivity index (χ4v) is 2.76. The molecule has 0 aliphatic rings. The molecule has 0 unspecified atom stereocenters. The summed E-state index contributed by atoms with van der Waals surface area (Å²) in [5.41, 5.74) is 1.89. The van der Waals surface area contributed by atoms with Crippen LogP contribution in [0.15, 0.2) is 42.5 Å². The average molecular weight is 391 g/mol. The van der Waals surface area contributed by atoms with Crippen molar-refractivity contribution in [2.45, 2.75) is 19.8 Å². The monoisotopic (exact) mass is 390 g/mol. The van der Waals surface area contributed by atoms with Gasteiger partial charge in [0, 0.05) is 6.08 Å². The third-order valence-corrected chi connectivity index (χ3v) is 4.01. The molecule has 0 fully saturated rings. The number of hydrogen-bond acceptors (Lipinski definition) is 4. The lowest BCUT2D eigenvalue weighted by Crippen LogP contribution is -2.10. The zero-order valence-corrected chi connectivity index (χ0v) is 16.2. The van der Waals surface area contributed by atoms with Crippen molar-refractivity contribution in [1.82, 2.24) is 0 Å². The van der Waals surface area contributed by atoms with Crippen LogP contribution in [-0.2, 0) is 11.2 Å². The molecular formula is C21H23ClO5. The summed E-state index contributed by atoms with van der Waals surface area (Å²) in [7, 11) is 1.50. The van der Waals surface area contributed by atoms with Gasteiger partial charge in [0.2, 0.25) is 0 Å². The maximum Gasteiger partial charge on any atom is 0.328 e. The molecule has 0 aromatic heterocycles. The fourth-order valence-electron chi connectivity index (χ4n) is 2.49. The van der Waals surface area contributed by atoms with Crippen molar-refractivity contribution in [2.24, 2.45) is 0 Å². The van der Waals surface area contributed by atoms with Crippen molar-refractivity contribution in [2.75, 3.05) is 20.3 Å². The number of aryl methyl sites for hydroxylation is 1. The third kappa shape index (κ3) is 6.53. The number of methoxy groups -OCH3 is 1. The molecule has 0 saturated heterocycles. The molecule has 0 amide bonds. The van der Waals surface area contributed by atoms with E-state index in [9.17, 15) is 4.79 Å². The summed E-state index contributed by atoms with van der Waals surface area (Å²) < 4.78 is 16.7. The molecule has 0 saturated carbocycles. The molecule has 2 rings (SSSR count). The van der Waals surface area contributed by atoms with Gasteiger partial charge in [-0.1, -0.05) is 37.1 Å². The van der Waals surface area contributed by atoms with Crippen LogP contribution in [-0.4, -0.2) is 31.4 Å². The van der Waals surface area contributed by atoms with E-state index in [-0.39, 0.29) is 6.61 Å². The van der Waals surface area contributed by atoms with Gasteiger partial charge in [-0.2, -0.15) is 0 Å². The van der Waals surface area contributed by atoms with Gasteiger partial charge in [-0.15, -0.1) is 0 Å². The Morgan fingerprint density at radius 2 is 1.85 bits per heavy atom. The Bertz CT molecular complexity index is 784. The van der Waals surface area contributed by atoms with Crippen molar-refractivity contribution in [1.29, 1.82) is 0 Å². The van der Waals surface area contributed by atoms with Crippen LogP contribution in [0.1, 0.15) is 24.5 Å². The molecule has 0 aliphatic carbocycles. The first-order valence-electron chi connectivity index (χ1n) is 8.66. The zero-order chi connectivity index (χ0) is 19.6. The second-order valence-corrected chi connectivity index (χ2v) is 6.20. The molecule has 1 N–H and O–H groups in total. The first kappa shape index (κ1) is 20.6. The molecule has 6 heteroatoms. The zero-order valence-electron chi connectivity index (χ0n) is 15.4. The number of benzene rings is 2. The summed E-state index contributed by atoms with van der Waals surface area (Å²) in [6, 6.07) is 11.3. The molecule has 0 atom stereocenters. The van der Waals surface area contributed by atoms with E-state index < -0.39 is 5.97 Å². The molecule has 0 spiro atoms. The first-order chi connectivity index (χ1) is 13.0. The van der Waals surface area contributed by atoms with E-state index in [0.717, 1.165) is 24.7 Å². The van der Waals surface area contributed by atoms with Gasteiger partial charge in [0.25, 0.3) is 0 Å². The number of carbonyl (C=O) groups is 1. The van der Waals surface area contributed by atoms with Crippen LogP contribution in [0.5, 0.6) is 17.2 Å². The molecule has 0 aliphatic heterocycles. The maximum atomic E-state index is 10.6. The lowest BCUT2D eigenvalue weighted by atomic mass is 10.1. The van der Waals surface area contributed by atoms with Crippen LogP contribution in [0.2, 0.25) is 5.02 Å². The Morgan fingerprint density at radius 1 is 1.15 bits per heavy atom. The highest BCUT2D eigenvalue weighted by molar-refractivity contribution is 6.32. The van der Waals surface area contributed by atoms with Gasteiger partial charge in [-0.05, 0) is 47.9 Å². The van der Waals surface area contributed by atoms with Gasteiger partial charge >= 0.3 is 5.97 Å². The van der Waals surface area contributed by atoms with Crippen LogP contribution >= 0.6 is 11.6 Å². The number of hydrogen-bond donors (Lipinski definition) is 1. The standard InChI is InChI=1S/C21H23ClO5/c1-3-4-15-5-8-17(9-6-15)26-11-12-27-21-18(22)13-16(7-10-20(23)24)14-19(21)25-2/h5-10,13-14H,3-4,11-12H2,1-2H3,(H,23,24). The van der Waals surface area contributed by atoms with E-state index in [0.29, 0.717) is 28.7 Å². The Labute approximate surface area is 164 Å². The SMILES string of the molecule is CCCc1ccc(OCCOc2c(Cl)cc(C=CC(=O)O)cc2OC)cc1. The second-order valence-electron chi connectivity index (χ2n) is 5.80. The average Bonchev–Trinajstić information content (AvgIpc) is 2.65. The summed E-state index contributed by atoms with van der Waals surface area (Å²) in [5, 5.41) is 9.05. The normalized spacial score (nSPS) is 10.8. The number of carboxylic acid groups (broad SMARTS) is 1. The van der Waals surface area contributed by atoms with Crippen LogP contribution in [0, 0.1) is 0 Å². The van der Waals surface area contributed by atoms with E-state index in [2.05, 4.69) is 19.1 Å². The van der Waals surface area contributed by atoms with Gasteiger partial charge < -0.3 is 19.3 Å². The van der Waals surface area contributed by atoms with E-state index in [4.69, 9.17) is 30.9 Å². The largest absolute Gasteiger partial charge is 0.493 e. The minimum absolute atomic E-state index is 0.289. The van der Waals surface area contributed by atoms with Crippen molar-refractivity contribution >= 4 is 23.6 Å². The highest BCUT2D eigenvalue weighted by atomic mass is 35.5. The van der Waals surface area contributed by atoms with Crippen LogP contribution in [0.3, 0.4) is 0 Å². The summed E-state index contributed by atoms with van der Waals surface area (Å²) in [6.07, 6.45) is 4.64. The van der Waals surface area contributed by atoms with Crippen molar-refractivity contribution in [3.05, 3.63) is 58.6 Å². The highest BCUT2D eigenvalue weighted by Gasteiger charge is 2.11. The van der Waals surface area contributed by atoms with Crippen LogP contribution in [0.25, 0.3) is 6.08 Å². The van der Waals surface area contributed by atoms with E-state index in [1.807, 2.05) is 12.1 Å². The van der Waals surface area contributed by atoms with E-state index in [1.54, 1.807) is 12.1 Å².